The number of imide groups is 1. The van der Waals surface area contributed by atoms with Gasteiger partial charge in [-0.2, -0.15) is 4.31 Å². The van der Waals surface area contributed by atoms with E-state index in [1.165, 1.54) is 35.5 Å². The maximum atomic E-state index is 12.5. The van der Waals surface area contributed by atoms with Crippen molar-refractivity contribution in [1.29, 1.82) is 0 Å². The topological polar surface area (TPSA) is 122 Å². The fraction of sp³-hybridized carbons (Fsp3) is 0.471. The van der Waals surface area contributed by atoms with Crippen LogP contribution in [0.1, 0.15) is 37.0 Å². The molecule has 0 aliphatic carbocycles. The van der Waals surface area contributed by atoms with Crippen molar-refractivity contribution >= 4 is 27.9 Å². The molecular weight excluding hydrogens is 374 g/mol. The van der Waals surface area contributed by atoms with Crippen LogP contribution in [-0.2, 0) is 19.6 Å². The number of urea groups is 1. The Morgan fingerprint density at radius 1 is 1.15 bits per heavy atom. The largest absolute Gasteiger partial charge is 0.449 e. The highest BCUT2D eigenvalue weighted by Gasteiger charge is 2.27. The maximum absolute atomic E-state index is 12.5. The van der Waals surface area contributed by atoms with Crippen LogP contribution in [0.5, 0.6) is 0 Å². The van der Waals surface area contributed by atoms with Crippen LogP contribution in [-0.4, -0.2) is 56.4 Å². The van der Waals surface area contributed by atoms with Crippen LogP contribution in [0.4, 0.5) is 4.79 Å². The Balaban J connectivity index is 1.99. The number of hydrogen-bond acceptors (Lipinski definition) is 6. The Kier molecular flexibility index (Phi) is 6.92. The van der Waals surface area contributed by atoms with E-state index in [-0.39, 0.29) is 10.5 Å². The molecule has 0 saturated carbocycles. The van der Waals surface area contributed by atoms with Crippen molar-refractivity contribution in [2.75, 3.05) is 19.6 Å². The Morgan fingerprint density at radius 2 is 1.74 bits per heavy atom. The van der Waals surface area contributed by atoms with Crippen LogP contribution in [0, 0.1) is 0 Å². The number of ether oxygens (including phenoxy) is 1. The zero-order chi connectivity index (χ0) is 20.0. The number of hydrogen-bond donors (Lipinski definition) is 2. The van der Waals surface area contributed by atoms with Gasteiger partial charge in [-0.25, -0.2) is 18.0 Å². The lowest BCUT2D eigenvalue weighted by molar-refractivity contribution is -0.127. The van der Waals surface area contributed by atoms with Crippen molar-refractivity contribution in [3.8, 4) is 0 Å². The van der Waals surface area contributed by atoms with Gasteiger partial charge in [0.2, 0.25) is 10.0 Å². The third-order valence-corrected chi connectivity index (χ3v) is 5.93. The molecule has 2 N–H and O–H groups in total. The zero-order valence-corrected chi connectivity index (χ0v) is 16.0. The number of nitrogens with zero attached hydrogens (tertiary/aromatic N) is 1. The van der Waals surface area contributed by atoms with E-state index in [2.05, 4.69) is 5.32 Å². The number of esters is 1. The predicted octanol–water partition coefficient (Wildman–Crippen LogP) is 0.862. The Morgan fingerprint density at radius 3 is 2.30 bits per heavy atom. The molecule has 27 heavy (non-hydrogen) atoms. The summed E-state index contributed by atoms with van der Waals surface area (Å²) < 4.78 is 31.3. The lowest BCUT2D eigenvalue weighted by Gasteiger charge is -2.16. The quantitative estimate of drug-likeness (QED) is 0.687. The molecule has 9 nitrogen and oxygen atoms in total. The van der Waals surface area contributed by atoms with Crippen molar-refractivity contribution in [3.63, 3.8) is 0 Å². The molecule has 3 amide bonds. The molecule has 1 atom stereocenters. The molecule has 1 saturated heterocycles. The van der Waals surface area contributed by atoms with E-state index in [4.69, 9.17) is 4.74 Å². The molecule has 1 aromatic rings. The molecule has 10 heteroatoms. The summed E-state index contributed by atoms with van der Waals surface area (Å²) in [4.78, 5) is 35.3. The van der Waals surface area contributed by atoms with Gasteiger partial charge in [0, 0.05) is 19.6 Å². The second-order valence-corrected chi connectivity index (χ2v) is 7.97. The number of carbonyl (C=O) groups excluding carboxylic acids is 3. The van der Waals surface area contributed by atoms with Gasteiger partial charge in [0.25, 0.3) is 5.91 Å². The van der Waals surface area contributed by atoms with Crippen LogP contribution in [0.15, 0.2) is 29.2 Å². The molecule has 0 bridgehead atoms. The lowest BCUT2D eigenvalue weighted by atomic mass is 10.2. The summed E-state index contributed by atoms with van der Waals surface area (Å²) in [6, 6.07) is 4.66. The minimum absolute atomic E-state index is 0.1000. The average molecular weight is 397 g/mol. The number of benzene rings is 1. The molecule has 1 fully saturated rings. The molecule has 1 aliphatic rings. The van der Waals surface area contributed by atoms with Gasteiger partial charge in [0.15, 0.2) is 6.10 Å². The van der Waals surface area contributed by atoms with Crippen LogP contribution < -0.4 is 10.6 Å². The van der Waals surface area contributed by atoms with Crippen molar-refractivity contribution in [2.45, 2.75) is 37.7 Å². The summed E-state index contributed by atoms with van der Waals surface area (Å²) in [6.07, 6.45) is 0.479. The van der Waals surface area contributed by atoms with Gasteiger partial charge in [-0.3, -0.25) is 10.1 Å². The van der Waals surface area contributed by atoms with Gasteiger partial charge in [0.1, 0.15) is 0 Å². The Labute approximate surface area is 158 Å². The number of rotatable bonds is 6. The summed E-state index contributed by atoms with van der Waals surface area (Å²) in [5.74, 6) is -1.55. The molecular formula is C17H23N3O6S. The molecule has 1 unspecified atom stereocenters. The Bertz CT molecular complexity index is 800. The predicted molar refractivity (Wildman–Crippen MR) is 96.5 cm³/mol. The zero-order valence-electron chi connectivity index (χ0n) is 15.2. The highest BCUT2D eigenvalue weighted by Crippen LogP contribution is 2.21. The minimum atomic E-state index is -3.56. The monoisotopic (exact) mass is 397 g/mol. The second kappa shape index (κ2) is 8.96. The maximum Gasteiger partial charge on any atom is 0.338 e. The average Bonchev–Trinajstić information content (AvgIpc) is 3.17. The van der Waals surface area contributed by atoms with Gasteiger partial charge < -0.3 is 10.1 Å². The van der Waals surface area contributed by atoms with Crippen LogP contribution >= 0.6 is 0 Å². The molecule has 1 heterocycles. The van der Waals surface area contributed by atoms with E-state index < -0.39 is 34.0 Å². The van der Waals surface area contributed by atoms with Crippen molar-refractivity contribution in [3.05, 3.63) is 29.8 Å². The van der Waals surface area contributed by atoms with Crippen LogP contribution in [0.25, 0.3) is 0 Å². The van der Waals surface area contributed by atoms with Crippen molar-refractivity contribution < 1.29 is 27.5 Å². The van der Waals surface area contributed by atoms with E-state index in [9.17, 15) is 22.8 Å². The number of sulfonamides is 1. The van der Waals surface area contributed by atoms with Gasteiger partial charge in [0.05, 0.1) is 10.5 Å². The smallest absolute Gasteiger partial charge is 0.338 e. The van der Waals surface area contributed by atoms with E-state index in [0.29, 0.717) is 19.6 Å². The molecule has 1 aromatic carbocycles. The third-order valence-electron chi connectivity index (χ3n) is 4.02. The molecule has 0 spiro atoms. The summed E-state index contributed by atoms with van der Waals surface area (Å²) >= 11 is 0. The molecule has 0 radical (unpaired) electrons. The number of amides is 3. The first-order valence-corrected chi connectivity index (χ1v) is 10.1. The van der Waals surface area contributed by atoms with E-state index in [1.54, 1.807) is 6.92 Å². The summed E-state index contributed by atoms with van der Waals surface area (Å²) in [6.45, 7) is 4.36. The highest BCUT2D eigenvalue weighted by atomic mass is 32.2. The molecule has 2 rings (SSSR count). The normalized spacial score (nSPS) is 15.8. The molecule has 0 aromatic heterocycles. The molecule has 148 valence electrons. The van der Waals surface area contributed by atoms with E-state index in [1.807, 2.05) is 5.32 Å². The van der Waals surface area contributed by atoms with Crippen molar-refractivity contribution in [1.82, 2.24) is 14.9 Å². The van der Waals surface area contributed by atoms with Gasteiger partial charge in [-0.1, -0.05) is 0 Å². The number of nitrogens with one attached hydrogen (secondary N) is 2. The Hall–Kier alpha value is -2.46. The summed E-state index contributed by atoms with van der Waals surface area (Å²) in [5.41, 5.74) is 0.105. The number of carbonyl (C=O) groups is 3. The fourth-order valence-electron chi connectivity index (χ4n) is 2.54. The SMILES string of the molecule is CCNC(=O)NC(=O)C(C)OC(=O)c1ccc(S(=O)(=O)N2CCCC2)cc1. The second-order valence-electron chi connectivity index (χ2n) is 6.03. The first kappa shape index (κ1) is 20.8. The fourth-order valence-corrected chi connectivity index (χ4v) is 4.06. The summed E-state index contributed by atoms with van der Waals surface area (Å²) in [5, 5.41) is 4.43. The van der Waals surface area contributed by atoms with Crippen molar-refractivity contribution in [2.24, 2.45) is 0 Å². The standard InChI is InChI=1S/C17H23N3O6S/c1-3-18-17(23)19-15(21)12(2)26-16(22)13-6-8-14(9-7-13)27(24,25)20-10-4-5-11-20/h6-9,12H,3-5,10-11H2,1-2H3,(H2,18,19,21,23). The van der Waals surface area contributed by atoms with Gasteiger partial charge in [-0.05, 0) is 51.0 Å². The first-order valence-electron chi connectivity index (χ1n) is 8.65. The first-order chi connectivity index (χ1) is 12.8. The minimum Gasteiger partial charge on any atom is -0.449 e. The van der Waals surface area contributed by atoms with Crippen LogP contribution in [0.3, 0.4) is 0 Å². The van der Waals surface area contributed by atoms with Gasteiger partial charge in [-0.15, -0.1) is 0 Å². The highest BCUT2D eigenvalue weighted by molar-refractivity contribution is 7.89. The van der Waals surface area contributed by atoms with E-state index in [0.717, 1.165) is 12.8 Å². The lowest BCUT2D eigenvalue weighted by Crippen LogP contribution is -2.44. The third kappa shape index (κ3) is 5.27. The van der Waals surface area contributed by atoms with E-state index >= 15 is 0 Å². The summed E-state index contributed by atoms with van der Waals surface area (Å²) in [7, 11) is -3.56. The van der Waals surface area contributed by atoms with Gasteiger partial charge >= 0.3 is 12.0 Å². The van der Waals surface area contributed by atoms with Crippen LogP contribution in [0.2, 0.25) is 0 Å². The molecule has 1 aliphatic heterocycles.